The average Bonchev–Trinajstić information content (AvgIpc) is 3.58. The first-order valence-electron chi connectivity index (χ1n) is 11.7. The van der Waals surface area contributed by atoms with Crippen LogP contribution in [0.25, 0.3) is 0 Å². The quantitative estimate of drug-likeness (QED) is 0.421. The number of amides is 1. The molecule has 1 aliphatic heterocycles. The number of benzene rings is 2. The highest BCUT2D eigenvalue weighted by atomic mass is 16.7. The van der Waals surface area contributed by atoms with Crippen molar-refractivity contribution in [2.45, 2.75) is 30.8 Å². The summed E-state index contributed by atoms with van der Waals surface area (Å²) in [6.45, 7) is 0.635. The summed E-state index contributed by atoms with van der Waals surface area (Å²) in [5.74, 6) is 2.47. The van der Waals surface area contributed by atoms with E-state index in [1.165, 1.54) is 0 Å². The lowest BCUT2D eigenvalue weighted by Crippen LogP contribution is -2.28. The number of pyridine rings is 1. The zero-order valence-corrected chi connectivity index (χ0v) is 19.5. The van der Waals surface area contributed by atoms with Crippen molar-refractivity contribution in [3.63, 3.8) is 0 Å². The summed E-state index contributed by atoms with van der Waals surface area (Å²) >= 11 is 0. The number of carbonyl (C=O) groups excluding carboxylic acids is 1. The lowest BCUT2D eigenvalue weighted by molar-refractivity contribution is -0.118. The third-order valence-corrected chi connectivity index (χ3v) is 6.45. The molecule has 1 aromatic heterocycles. The lowest BCUT2D eigenvalue weighted by atomic mass is 9.94. The molecule has 1 atom stereocenters. The molecule has 184 valence electrons. The molecule has 1 aliphatic carbocycles. The Morgan fingerprint density at radius 3 is 2.74 bits per heavy atom. The van der Waals surface area contributed by atoms with Gasteiger partial charge in [0.15, 0.2) is 11.5 Å². The van der Waals surface area contributed by atoms with E-state index in [2.05, 4.69) is 10.3 Å². The van der Waals surface area contributed by atoms with Crippen LogP contribution in [0.5, 0.6) is 17.2 Å². The van der Waals surface area contributed by atoms with Gasteiger partial charge in [-0.2, -0.15) is 0 Å². The highest BCUT2D eigenvalue weighted by Crippen LogP contribution is 2.51. The highest BCUT2D eigenvalue weighted by Gasteiger charge is 2.51. The zero-order valence-electron chi connectivity index (χ0n) is 19.5. The van der Waals surface area contributed by atoms with E-state index in [1.54, 1.807) is 19.4 Å². The van der Waals surface area contributed by atoms with E-state index < -0.39 is 11.5 Å². The molecule has 2 aliphatic rings. The Labute approximate surface area is 205 Å². The van der Waals surface area contributed by atoms with Crippen LogP contribution in [0.2, 0.25) is 0 Å². The molecule has 1 saturated carbocycles. The van der Waals surface area contributed by atoms with Gasteiger partial charge in [-0.25, -0.2) is 4.98 Å². The molecule has 1 amide bonds. The third kappa shape index (κ3) is 4.67. The van der Waals surface area contributed by atoms with Gasteiger partial charge in [0.05, 0.1) is 19.1 Å². The maximum Gasteiger partial charge on any atom is 0.236 e. The molecule has 35 heavy (non-hydrogen) atoms. The predicted octanol–water partition coefficient (Wildman–Crippen LogP) is 4.22. The van der Waals surface area contributed by atoms with Gasteiger partial charge in [0, 0.05) is 25.4 Å². The Bertz CT molecular complexity index is 1200. The summed E-state index contributed by atoms with van der Waals surface area (Å²) in [4.78, 5) is 17.7. The number of aliphatic hydroxyl groups excluding tert-OH is 1. The summed E-state index contributed by atoms with van der Waals surface area (Å²) in [6.07, 6.45) is 3.34. The standard InChI is InChI=1S/C27H28N2O6.H2/c1-32-21-6-3-2-5-20(21)25(33-14-4-13-30)18-7-10-24(28-16-18)29-26(31)27(11-12-27)19-8-9-22-23(15-19)35-17-34-22;/h2-3,5-10,15-16,25,30H,4,11-14,17H2,1H3,(H,28,29,31);1H. The molecule has 2 aromatic carbocycles. The van der Waals surface area contributed by atoms with Crippen molar-refractivity contribution >= 4 is 11.7 Å². The van der Waals surface area contributed by atoms with Gasteiger partial charge in [0.1, 0.15) is 17.7 Å². The molecule has 1 unspecified atom stereocenters. The van der Waals surface area contributed by atoms with Crippen LogP contribution in [-0.2, 0) is 14.9 Å². The molecule has 8 nitrogen and oxygen atoms in total. The molecule has 0 radical (unpaired) electrons. The maximum atomic E-state index is 13.2. The normalized spacial score (nSPS) is 15.9. The van der Waals surface area contributed by atoms with E-state index in [-0.39, 0.29) is 20.7 Å². The first-order chi connectivity index (χ1) is 17.1. The summed E-state index contributed by atoms with van der Waals surface area (Å²) in [5, 5.41) is 12.1. The third-order valence-electron chi connectivity index (χ3n) is 6.45. The number of hydrogen-bond donors (Lipinski definition) is 2. The number of rotatable bonds is 10. The predicted molar refractivity (Wildman–Crippen MR) is 131 cm³/mol. The number of aromatic nitrogens is 1. The monoisotopic (exact) mass is 478 g/mol. The van der Waals surface area contributed by atoms with E-state index in [0.29, 0.717) is 36.1 Å². The van der Waals surface area contributed by atoms with Crippen LogP contribution in [0.3, 0.4) is 0 Å². The fraction of sp³-hybridized carbons (Fsp3) is 0.333. The SMILES string of the molecule is COc1ccccc1C(OCCCO)c1ccc(NC(=O)C2(c3ccc4c(c3)OCO4)CC2)nc1.[HH]. The van der Waals surface area contributed by atoms with Crippen molar-refractivity contribution in [2.75, 3.05) is 32.4 Å². The average molecular weight is 479 g/mol. The van der Waals surface area contributed by atoms with Crippen molar-refractivity contribution in [1.82, 2.24) is 4.98 Å². The molecule has 1 fully saturated rings. The fourth-order valence-corrected chi connectivity index (χ4v) is 4.35. The Morgan fingerprint density at radius 2 is 2.00 bits per heavy atom. The smallest absolute Gasteiger partial charge is 0.236 e. The molecule has 5 rings (SSSR count). The number of aliphatic hydroxyl groups is 1. The number of nitrogens with zero attached hydrogens (tertiary/aromatic N) is 1. The van der Waals surface area contributed by atoms with Crippen molar-refractivity contribution in [3.05, 3.63) is 77.5 Å². The van der Waals surface area contributed by atoms with Crippen LogP contribution in [0.4, 0.5) is 5.82 Å². The number of hydrogen-bond acceptors (Lipinski definition) is 7. The van der Waals surface area contributed by atoms with Crippen LogP contribution in [0.15, 0.2) is 60.8 Å². The van der Waals surface area contributed by atoms with Gasteiger partial charge in [-0.1, -0.05) is 30.3 Å². The van der Waals surface area contributed by atoms with E-state index >= 15 is 0 Å². The number of carbonyl (C=O) groups is 1. The van der Waals surface area contributed by atoms with E-state index in [9.17, 15) is 4.79 Å². The summed E-state index contributed by atoms with van der Waals surface area (Å²) in [6, 6.07) is 17.0. The number of ether oxygens (including phenoxy) is 4. The van der Waals surface area contributed by atoms with Crippen LogP contribution in [0.1, 0.15) is 43.5 Å². The van der Waals surface area contributed by atoms with Crippen molar-refractivity contribution < 1.29 is 30.3 Å². The van der Waals surface area contributed by atoms with Gasteiger partial charge in [-0.05, 0) is 49.1 Å². The molecule has 2 N–H and O–H groups in total. The van der Waals surface area contributed by atoms with Crippen LogP contribution >= 0.6 is 0 Å². The van der Waals surface area contributed by atoms with Crippen molar-refractivity contribution in [1.29, 1.82) is 0 Å². The molecule has 0 bridgehead atoms. The minimum atomic E-state index is -0.575. The molecular formula is C27H30N2O6. The Morgan fingerprint density at radius 1 is 1.17 bits per heavy atom. The summed E-state index contributed by atoms with van der Waals surface area (Å²) < 4.78 is 22.5. The first-order valence-corrected chi connectivity index (χ1v) is 11.7. The minimum Gasteiger partial charge on any atom is -0.496 e. The summed E-state index contributed by atoms with van der Waals surface area (Å²) in [7, 11) is 1.62. The molecule has 0 spiro atoms. The fourth-order valence-electron chi connectivity index (χ4n) is 4.35. The number of para-hydroxylation sites is 1. The Balaban J connectivity index is 0.00000304. The number of anilines is 1. The second-order valence-corrected chi connectivity index (χ2v) is 8.65. The van der Waals surface area contributed by atoms with Gasteiger partial charge in [0.2, 0.25) is 12.7 Å². The number of fused-ring (bicyclic) bond motifs is 1. The van der Waals surface area contributed by atoms with Crippen LogP contribution < -0.4 is 19.5 Å². The first kappa shape index (κ1) is 23.1. The van der Waals surface area contributed by atoms with E-state index in [1.807, 2.05) is 48.5 Å². The number of methoxy groups -OCH3 is 1. The molecule has 0 saturated heterocycles. The Hall–Kier alpha value is -3.62. The van der Waals surface area contributed by atoms with Crippen molar-refractivity contribution in [3.8, 4) is 17.2 Å². The molecule has 8 heteroatoms. The topological polar surface area (TPSA) is 99.1 Å². The van der Waals surface area contributed by atoms with Crippen LogP contribution in [0, 0.1) is 0 Å². The van der Waals surface area contributed by atoms with E-state index in [0.717, 1.165) is 29.5 Å². The van der Waals surface area contributed by atoms with E-state index in [4.69, 9.17) is 24.1 Å². The van der Waals surface area contributed by atoms with Crippen molar-refractivity contribution in [2.24, 2.45) is 0 Å². The molecule has 2 heterocycles. The molecular weight excluding hydrogens is 448 g/mol. The second kappa shape index (κ2) is 9.93. The highest BCUT2D eigenvalue weighted by molar-refractivity contribution is 6.01. The molecule has 3 aromatic rings. The van der Waals surface area contributed by atoms with Gasteiger partial charge < -0.3 is 29.4 Å². The maximum absolute atomic E-state index is 13.2. The minimum absolute atomic E-state index is 0. The van der Waals surface area contributed by atoms with Crippen LogP contribution in [-0.4, -0.2) is 43.1 Å². The largest absolute Gasteiger partial charge is 0.496 e. The number of nitrogens with one attached hydrogen (secondary N) is 1. The summed E-state index contributed by atoms with van der Waals surface area (Å²) in [5.41, 5.74) is 2.03. The van der Waals surface area contributed by atoms with Gasteiger partial charge in [-0.3, -0.25) is 4.79 Å². The lowest BCUT2D eigenvalue weighted by Gasteiger charge is -2.21. The second-order valence-electron chi connectivity index (χ2n) is 8.65. The van der Waals surface area contributed by atoms with Gasteiger partial charge in [-0.15, -0.1) is 0 Å². The van der Waals surface area contributed by atoms with Gasteiger partial charge in [0.25, 0.3) is 0 Å². The Kier molecular flexibility index (Phi) is 6.57. The zero-order chi connectivity index (χ0) is 24.3. The van der Waals surface area contributed by atoms with Gasteiger partial charge >= 0.3 is 0 Å².